The van der Waals surface area contributed by atoms with Crippen LogP contribution >= 0.6 is 11.3 Å². The second-order valence-corrected chi connectivity index (χ2v) is 5.18. The first-order chi connectivity index (χ1) is 9.00. The molecular weight excluding hydrogens is 266 g/mol. The Morgan fingerprint density at radius 1 is 1.53 bits per heavy atom. The lowest BCUT2D eigenvalue weighted by Gasteiger charge is -2.22. The average Bonchev–Trinajstić information content (AvgIpc) is 2.91. The number of hydrogen-bond donors (Lipinski definition) is 2. The van der Waals surface area contributed by atoms with E-state index >= 15 is 0 Å². The highest BCUT2D eigenvalue weighted by Crippen LogP contribution is 2.27. The first-order valence-electron chi connectivity index (χ1n) is 5.60. The molecule has 2 rings (SSSR count). The van der Waals surface area contributed by atoms with Gasteiger partial charge in [-0.2, -0.15) is 0 Å². The van der Waals surface area contributed by atoms with Crippen LogP contribution in [0.25, 0.3) is 0 Å². The second-order valence-electron chi connectivity index (χ2n) is 4.23. The van der Waals surface area contributed by atoms with Gasteiger partial charge in [0.1, 0.15) is 5.60 Å². The molecule has 0 aromatic carbocycles. The predicted octanol–water partition coefficient (Wildman–Crippen LogP) is 2.37. The van der Waals surface area contributed by atoms with E-state index in [1.54, 1.807) is 6.92 Å². The lowest BCUT2D eigenvalue weighted by molar-refractivity contribution is -0.384. The molecule has 0 aliphatic rings. The summed E-state index contributed by atoms with van der Waals surface area (Å²) < 4.78 is 0. The van der Waals surface area contributed by atoms with Gasteiger partial charge in [0.15, 0.2) is 0 Å². The molecule has 0 saturated heterocycles. The van der Waals surface area contributed by atoms with Gasteiger partial charge >= 0.3 is 5.69 Å². The van der Waals surface area contributed by atoms with Gasteiger partial charge in [-0.1, -0.05) is 6.07 Å². The molecule has 0 radical (unpaired) electrons. The molecule has 0 amide bonds. The van der Waals surface area contributed by atoms with Crippen molar-refractivity contribution in [1.82, 2.24) is 4.98 Å². The van der Waals surface area contributed by atoms with E-state index in [4.69, 9.17) is 0 Å². The summed E-state index contributed by atoms with van der Waals surface area (Å²) in [7, 11) is 0. The van der Waals surface area contributed by atoms with Crippen molar-refractivity contribution in [3.05, 3.63) is 50.8 Å². The maximum Gasteiger partial charge on any atom is 0.311 e. The van der Waals surface area contributed by atoms with Gasteiger partial charge < -0.3 is 10.4 Å². The Morgan fingerprint density at radius 2 is 2.32 bits per heavy atom. The summed E-state index contributed by atoms with van der Waals surface area (Å²) in [4.78, 5) is 15.0. The number of nitrogens with one attached hydrogen (secondary N) is 1. The first kappa shape index (κ1) is 13.4. The summed E-state index contributed by atoms with van der Waals surface area (Å²) in [6.07, 6.45) is 1.47. The molecule has 2 N–H and O–H groups in total. The van der Waals surface area contributed by atoms with Crippen LogP contribution in [0.15, 0.2) is 35.8 Å². The van der Waals surface area contributed by atoms with Crippen molar-refractivity contribution in [3.8, 4) is 0 Å². The predicted molar refractivity (Wildman–Crippen MR) is 73.3 cm³/mol. The fraction of sp³-hybridized carbons (Fsp3) is 0.250. The van der Waals surface area contributed by atoms with E-state index < -0.39 is 10.5 Å². The van der Waals surface area contributed by atoms with Crippen LogP contribution in [0.5, 0.6) is 0 Å². The average molecular weight is 279 g/mol. The smallest absolute Gasteiger partial charge is 0.311 e. The number of rotatable bonds is 5. The zero-order valence-electron chi connectivity index (χ0n) is 10.2. The fourth-order valence-corrected chi connectivity index (χ4v) is 2.40. The number of anilines is 1. The molecule has 2 aromatic rings. The Bertz CT molecular complexity index is 569. The van der Waals surface area contributed by atoms with Crippen molar-refractivity contribution in [2.24, 2.45) is 0 Å². The van der Waals surface area contributed by atoms with E-state index in [2.05, 4.69) is 10.3 Å². The molecule has 2 heterocycles. The van der Waals surface area contributed by atoms with Gasteiger partial charge in [0.2, 0.25) is 5.82 Å². The minimum absolute atomic E-state index is 0.107. The van der Waals surface area contributed by atoms with E-state index in [-0.39, 0.29) is 18.1 Å². The molecule has 1 unspecified atom stereocenters. The standard InChI is InChI=1S/C12H13N3O3S/c1-12(16,10-5-3-7-19-10)8-14-11-9(15(17)18)4-2-6-13-11/h2-7,16H,8H2,1H3,(H,13,14). The summed E-state index contributed by atoms with van der Waals surface area (Å²) in [5.41, 5.74) is -1.20. The lowest BCUT2D eigenvalue weighted by atomic mass is 10.1. The number of nitrogens with zero attached hydrogens (tertiary/aromatic N) is 2. The molecule has 100 valence electrons. The SMILES string of the molecule is CC(O)(CNc1ncccc1[N+](=O)[O-])c1cccs1. The van der Waals surface area contributed by atoms with Gasteiger partial charge in [-0.15, -0.1) is 11.3 Å². The van der Waals surface area contributed by atoms with Crippen LogP contribution in [0.2, 0.25) is 0 Å². The van der Waals surface area contributed by atoms with Crippen molar-refractivity contribution >= 4 is 22.8 Å². The Kier molecular flexibility index (Phi) is 3.77. The third kappa shape index (κ3) is 3.07. The number of hydrogen-bond acceptors (Lipinski definition) is 6. The van der Waals surface area contributed by atoms with Crippen molar-refractivity contribution in [2.45, 2.75) is 12.5 Å². The maximum atomic E-state index is 10.8. The normalized spacial score (nSPS) is 13.8. The molecule has 2 aromatic heterocycles. The monoisotopic (exact) mass is 279 g/mol. The Morgan fingerprint density at radius 3 is 2.95 bits per heavy atom. The Labute approximate surface area is 113 Å². The molecule has 7 heteroatoms. The largest absolute Gasteiger partial charge is 0.383 e. The highest BCUT2D eigenvalue weighted by atomic mass is 32.1. The molecule has 0 saturated carbocycles. The molecule has 6 nitrogen and oxygen atoms in total. The van der Waals surface area contributed by atoms with E-state index in [0.717, 1.165) is 4.88 Å². The van der Waals surface area contributed by atoms with Crippen molar-refractivity contribution in [3.63, 3.8) is 0 Å². The zero-order chi connectivity index (χ0) is 13.9. The highest BCUT2D eigenvalue weighted by molar-refractivity contribution is 7.10. The molecular formula is C12H13N3O3S. The van der Waals surface area contributed by atoms with Crippen molar-refractivity contribution in [1.29, 1.82) is 0 Å². The molecule has 0 bridgehead atoms. The molecule has 0 spiro atoms. The summed E-state index contributed by atoms with van der Waals surface area (Å²) in [6.45, 7) is 1.80. The third-order valence-corrected chi connectivity index (χ3v) is 3.76. The van der Waals surface area contributed by atoms with Crippen LogP contribution in [0.3, 0.4) is 0 Å². The van der Waals surface area contributed by atoms with E-state index in [0.29, 0.717) is 0 Å². The molecule has 19 heavy (non-hydrogen) atoms. The summed E-state index contributed by atoms with van der Waals surface area (Å²) in [6, 6.07) is 6.53. The minimum atomic E-state index is -1.10. The molecule has 1 atom stereocenters. The van der Waals surface area contributed by atoms with Gasteiger partial charge in [-0.3, -0.25) is 10.1 Å². The number of aliphatic hydroxyl groups is 1. The van der Waals surface area contributed by atoms with E-state index in [9.17, 15) is 15.2 Å². The van der Waals surface area contributed by atoms with Crippen LogP contribution < -0.4 is 5.32 Å². The number of nitro groups is 1. The minimum Gasteiger partial charge on any atom is -0.383 e. The fourth-order valence-electron chi connectivity index (χ4n) is 1.61. The quantitative estimate of drug-likeness (QED) is 0.648. The number of pyridine rings is 1. The van der Waals surface area contributed by atoms with E-state index in [1.165, 1.54) is 29.7 Å². The zero-order valence-corrected chi connectivity index (χ0v) is 11.1. The van der Waals surface area contributed by atoms with Gasteiger partial charge in [0.25, 0.3) is 0 Å². The highest BCUT2D eigenvalue weighted by Gasteiger charge is 2.25. The lowest BCUT2D eigenvalue weighted by Crippen LogP contribution is -2.30. The van der Waals surface area contributed by atoms with Crippen LogP contribution in [-0.2, 0) is 5.60 Å². The van der Waals surface area contributed by atoms with Crippen molar-refractivity contribution in [2.75, 3.05) is 11.9 Å². The topological polar surface area (TPSA) is 88.3 Å². The summed E-state index contributed by atoms with van der Waals surface area (Å²) >= 11 is 1.43. The number of aromatic nitrogens is 1. The van der Waals surface area contributed by atoms with Gasteiger partial charge in [0.05, 0.1) is 4.92 Å². The number of thiophene rings is 1. The van der Waals surface area contributed by atoms with Gasteiger partial charge in [0, 0.05) is 23.7 Å². The van der Waals surface area contributed by atoms with Gasteiger partial charge in [-0.25, -0.2) is 4.98 Å². The van der Waals surface area contributed by atoms with E-state index in [1.807, 2.05) is 17.5 Å². The Hall–Kier alpha value is -1.99. The Balaban J connectivity index is 2.13. The second kappa shape index (κ2) is 5.33. The maximum absolute atomic E-state index is 10.8. The first-order valence-corrected chi connectivity index (χ1v) is 6.48. The summed E-state index contributed by atoms with van der Waals surface area (Å²) in [5.74, 6) is 0.157. The summed E-state index contributed by atoms with van der Waals surface area (Å²) in [5, 5.41) is 25.9. The third-order valence-electron chi connectivity index (χ3n) is 2.64. The van der Waals surface area contributed by atoms with Crippen LogP contribution in [0.4, 0.5) is 11.5 Å². The van der Waals surface area contributed by atoms with Gasteiger partial charge in [-0.05, 0) is 24.4 Å². The van der Waals surface area contributed by atoms with Crippen molar-refractivity contribution < 1.29 is 10.0 Å². The molecule has 0 aliphatic heterocycles. The van der Waals surface area contributed by atoms with Crippen LogP contribution in [0, 0.1) is 10.1 Å². The van der Waals surface area contributed by atoms with Crippen LogP contribution in [-0.4, -0.2) is 21.6 Å². The molecule has 0 fully saturated rings. The molecule has 0 aliphatic carbocycles. The van der Waals surface area contributed by atoms with Crippen LogP contribution in [0.1, 0.15) is 11.8 Å².